The molecule has 0 bridgehead atoms. The van der Waals surface area contributed by atoms with Crippen LogP contribution in [0.15, 0.2) is 42.5 Å². The predicted octanol–water partition coefficient (Wildman–Crippen LogP) is 2.78. The van der Waals surface area contributed by atoms with E-state index in [9.17, 15) is 14.4 Å². The van der Waals surface area contributed by atoms with Crippen LogP contribution in [0.2, 0.25) is 0 Å². The van der Waals surface area contributed by atoms with Crippen molar-refractivity contribution < 1.29 is 23.9 Å². The topological polar surface area (TPSA) is 84.9 Å². The third-order valence-corrected chi connectivity index (χ3v) is 5.02. The van der Waals surface area contributed by atoms with Crippen LogP contribution in [0.5, 0.6) is 5.75 Å². The number of benzene rings is 2. The lowest BCUT2D eigenvalue weighted by atomic mass is 10.0. The zero-order chi connectivity index (χ0) is 19.8. The van der Waals surface area contributed by atoms with Crippen LogP contribution < -0.4 is 15.0 Å². The number of hydrogen-bond donors (Lipinski definition) is 1. The smallest absolute Gasteiger partial charge is 0.415 e. The molecule has 1 N–H and O–H groups in total. The van der Waals surface area contributed by atoms with Crippen LogP contribution in [0.4, 0.5) is 10.5 Å². The number of Topliss-reactive ketones (excluding diaryl/α,β-unsaturated/α-hetero) is 1. The standard InChI is InChI=1S/C21H20N2O5/c1-12(24)14-3-5-15(6-4-14)16-7-8-17-19(9-16)27-11-18-20(10-22-13(2)25)28-21(26)23(17)18/h3-9,18,20H,10-11H2,1-2H3,(H,22,25). The quantitative estimate of drug-likeness (QED) is 0.825. The van der Waals surface area contributed by atoms with Crippen molar-refractivity contribution in [3.63, 3.8) is 0 Å². The van der Waals surface area contributed by atoms with Gasteiger partial charge in [-0.15, -0.1) is 0 Å². The normalized spacial score (nSPS) is 19.9. The summed E-state index contributed by atoms with van der Waals surface area (Å²) in [6, 6.07) is 12.7. The van der Waals surface area contributed by atoms with Crippen LogP contribution in [-0.2, 0) is 9.53 Å². The van der Waals surface area contributed by atoms with Crippen molar-refractivity contribution in [2.45, 2.75) is 26.0 Å². The lowest BCUT2D eigenvalue weighted by Crippen LogP contribution is -2.47. The molecule has 2 amide bonds. The Morgan fingerprint density at radius 3 is 2.50 bits per heavy atom. The average Bonchev–Trinajstić information content (AvgIpc) is 3.02. The minimum atomic E-state index is -0.455. The zero-order valence-electron chi connectivity index (χ0n) is 15.6. The predicted molar refractivity (Wildman–Crippen MR) is 103 cm³/mol. The van der Waals surface area contributed by atoms with E-state index in [4.69, 9.17) is 9.47 Å². The molecule has 1 saturated heterocycles. The largest absolute Gasteiger partial charge is 0.489 e. The molecule has 2 unspecified atom stereocenters. The first kappa shape index (κ1) is 18.0. The third kappa shape index (κ3) is 3.19. The number of rotatable bonds is 4. The number of amides is 2. The summed E-state index contributed by atoms with van der Waals surface area (Å²) >= 11 is 0. The Kier molecular flexibility index (Phi) is 4.50. The number of carbonyl (C=O) groups is 3. The number of nitrogens with one attached hydrogen (secondary N) is 1. The average molecular weight is 380 g/mol. The molecule has 2 aliphatic heterocycles. The molecule has 0 radical (unpaired) electrons. The molecule has 7 nitrogen and oxygen atoms in total. The molecular formula is C21H20N2O5. The highest BCUT2D eigenvalue weighted by atomic mass is 16.6. The maximum Gasteiger partial charge on any atom is 0.415 e. The maximum absolute atomic E-state index is 12.4. The summed E-state index contributed by atoms with van der Waals surface area (Å²) in [6.07, 6.45) is -0.896. The molecule has 7 heteroatoms. The zero-order valence-corrected chi connectivity index (χ0v) is 15.6. The summed E-state index contributed by atoms with van der Waals surface area (Å²) in [5.74, 6) is 0.446. The van der Waals surface area contributed by atoms with Crippen LogP contribution in [0, 0.1) is 0 Å². The van der Waals surface area contributed by atoms with E-state index in [0.29, 0.717) is 17.0 Å². The van der Waals surface area contributed by atoms with E-state index >= 15 is 0 Å². The van der Waals surface area contributed by atoms with Crippen molar-refractivity contribution in [2.24, 2.45) is 0 Å². The Hall–Kier alpha value is -3.35. The van der Waals surface area contributed by atoms with Gasteiger partial charge in [0.2, 0.25) is 5.91 Å². The molecule has 4 rings (SSSR count). The van der Waals surface area contributed by atoms with Gasteiger partial charge < -0.3 is 14.8 Å². The van der Waals surface area contributed by atoms with Crippen molar-refractivity contribution in [2.75, 3.05) is 18.1 Å². The first-order valence-electron chi connectivity index (χ1n) is 9.06. The number of cyclic esters (lactones) is 1. The third-order valence-electron chi connectivity index (χ3n) is 5.02. The van der Waals surface area contributed by atoms with Gasteiger partial charge in [-0.25, -0.2) is 4.79 Å². The Balaban J connectivity index is 1.59. The highest BCUT2D eigenvalue weighted by Crippen LogP contribution is 2.40. The molecule has 2 atom stereocenters. The Morgan fingerprint density at radius 2 is 1.82 bits per heavy atom. The van der Waals surface area contributed by atoms with E-state index in [-0.39, 0.29) is 30.9 Å². The van der Waals surface area contributed by atoms with Crippen LogP contribution in [-0.4, -0.2) is 43.1 Å². The van der Waals surface area contributed by atoms with Crippen molar-refractivity contribution in [3.8, 4) is 16.9 Å². The molecule has 2 aromatic rings. The van der Waals surface area contributed by atoms with Crippen molar-refractivity contribution >= 4 is 23.5 Å². The number of nitrogens with zero attached hydrogens (tertiary/aromatic N) is 1. The molecule has 28 heavy (non-hydrogen) atoms. The fourth-order valence-electron chi connectivity index (χ4n) is 3.53. The van der Waals surface area contributed by atoms with Gasteiger partial charge in [-0.05, 0) is 30.2 Å². The second-order valence-electron chi connectivity index (χ2n) is 6.92. The molecule has 2 aliphatic rings. The maximum atomic E-state index is 12.4. The minimum Gasteiger partial charge on any atom is -0.489 e. The highest BCUT2D eigenvalue weighted by molar-refractivity contribution is 5.95. The Morgan fingerprint density at radius 1 is 1.11 bits per heavy atom. The van der Waals surface area contributed by atoms with E-state index in [0.717, 1.165) is 11.1 Å². The van der Waals surface area contributed by atoms with Crippen LogP contribution in [0.3, 0.4) is 0 Å². The van der Waals surface area contributed by atoms with E-state index in [2.05, 4.69) is 5.32 Å². The summed E-state index contributed by atoms with van der Waals surface area (Å²) < 4.78 is 11.3. The number of anilines is 1. The van der Waals surface area contributed by atoms with Gasteiger partial charge in [-0.1, -0.05) is 30.3 Å². The number of hydrogen-bond acceptors (Lipinski definition) is 5. The van der Waals surface area contributed by atoms with Crippen molar-refractivity contribution in [1.29, 1.82) is 0 Å². The second kappa shape index (κ2) is 6.99. The second-order valence-corrected chi connectivity index (χ2v) is 6.92. The number of ether oxygens (including phenoxy) is 2. The lowest BCUT2D eigenvalue weighted by molar-refractivity contribution is -0.119. The van der Waals surface area contributed by atoms with Gasteiger partial charge in [0.05, 0.1) is 12.2 Å². The number of ketones is 1. The number of fused-ring (bicyclic) bond motifs is 3. The highest BCUT2D eigenvalue weighted by Gasteiger charge is 2.46. The molecule has 0 aromatic heterocycles. The molecule has 0 saturated carbocycles. The van der Waals surface area contributed by atoms with Gasteiger partial charge >= 0.3 is 6.09 Å². The molecule has 0 spiro atoms. The molecule has 144 valence electrons. The van der Waals surface area contributed by atoms with Gasteiger partial charge in [-0.2, -0.15) is 0 Å². The summed E-state index contributed by atoms with van der Waals surface area (Å²) in [7, 11) is 0. The lowest BCUT2D eigenvalue weighted by Gasteiger charge is -2.31. The fraction of sp³-hybridized carbons (Fsp3) is 0.286. The van der Waals surface area contributed by atoms with Gasteiger partial charge in [-0.3, -0.25) is 14.5 Å². The van der Waals surface area contributed by atoms with E-state index in [1.165, 1.54) is 13.8 Å². The first-order valence-corrected chi connectivity index (χ1v) is 9.06. The van der Waals surface area contributed by atoms with Gasteiger partial charge in [0.1, 0.15) is 24.5 Å². The molecule has 0 aliphatic carbocycles. The molecule has 1 fully saturated rings. The van der Waals surface area contributed by atoms with Crippen LogP contribution in [0.1, 0.15) is 24.2 Å². The van der Waals surface area contributed by atoms with Gasteiger partial charge in [0, 0.05) is 12.5 Å². The molecular weight excluding hydrogens is 360 g/mol. The summed E-state index contributed by atoms with van der Waals surface area (Å²) in [4.78, 5) is 36.6. The molecule has 2 aromatic carbocycles. The summed E-state index contributed by atoms with van der Waals surface area (Å²) in [5.41, 5.74) is 3.18. The van der Waals surface area contributed by atoms with Gasteiger partial charge in [0.15, 0.2) is 5.78 Å². The van der Waals surface area contributed by atoms with Crippen molar-refractivity contribution in [3.05, 3.63) is 48.0 Å². The van der Waals surface area contributed by atoms with Crippen LogP contribution >= 0.6 is 0 Å². The summed E-state index contributed by atoms with van der Waals surface area (Å²) in [5, 5.41) is 2.69. The van der Waals surface area contributed by atoms with Crippen LogP contribution in [0.25, 0.3) is 11.1 Å². The molecule has 2 heterocycles. The van der Waals surface area contributed by atoms with Gasteiger partial charge in [0.25, 0.3) is 0 Å². The minimum absolute atomic E-state index is 0.0210. The Labute approximate surface area is 162 Å². The van der Waals surface area contributed by atoms with E-state index in [1.54, 1.807) is 17.0 Å². The SMILES string of the molecule is CC(=O)NCC1OC(=O)N2c3ccc(-c4ccc(C(C)=O)cc4)cc3OCC12. The van der Waals surface area contributed by atoms with E-state index < -0.39 is 12.2 Å². The first-order chi connectivity index (χ1) is 13.4. The fourth-order valence-corrected chi connectivity index (χ4v) is 3.53. The van der Waals surface area contributed by atoms with E-state index in [1.807, 2.05) is 30.3 Å². The Bertz CT molecular complexity index is 954. The summed E-state index contributed by atoms with van der Waals surface area (Å²) in [6.45, 7) is 3.50. The number of carbonyl (C=O) groups excluding carboxylic acids is 3. The monoisotopic (exact) mass is 380 g/mol. The van der Waals surface area contributed by atoms with Crippen molar-refractivity contribution in [1.82, 2.24) is 5.32 Å².